The summed E-state index contributed by atoms with van der Waals surface area (Å²) in [5, 5.41) is 37.4. The summed E-state index contributed by atoms with van der Waals surface area (Å²) in [5.41, 5.74) is -0.182. The number of ether oxygens (including phenoxy) is 1. The first-order chi connectivity index (χ1) is 14.0. The van der Waals surface area contributed by atoms with E-state index in [1.165, 1.54) is 10.8 Å². The van der Waals surface area contributed by atoms with Crippen LogP contribution >= 0.6 is 0 Å². The average Bonchev–Trinajstić information content (AvgIpc) is 3.30. The van der Waals surface area contributed by atoms with Gasteiger partial charge in [-0.05, 0) is 12.1 Å². The fraction of sp³-hybridized carbons (Fsp3) is 0.333. The van der Waals surface area contributed by atoms with Crippen molar-refractivity contribution in [2.75, 3.05) is 6.61 Å². The Morgan fingerprint density at radius 2 is 1.86 bits per heavy atom. The van der Waals surface area contributed by atoms with E-state index < -0.39 is 42.3 Å². The maximum atomic E-state index is 12.2. The molecule has 1 fully saturated rings. The summed E-state index contributed by atoms with van der Waals surface area (Å²) < 4.78 is 8.15. The lowest BCUT2D eigenvalue weighted by Crippen LogP contribution is -2.36. The predicted octanol–water partition coefficient (Wildman–Crippen LogP) is -1.68. The van der Waals surface area contributed by atoms with Crippen molar-refractivity contribution in [3.05, 3.63) is 74.8 Å². The number of aliphatic hydroxyl groups excluding tert-OH is 3. The zero-order valence-electron chi connectivity index (χ0n) is 15.1. The van der Waals surface area contributed by atoms with Crippen LogP contribution in [0.25, 0.3) is 5.69 Å². The van der Waals surface area contributed by atoms with Gasteiger partial charge in [-0.1, -0.05) is 23.4 Å². The molecule has 2 aromatic heterocycles. The van der Waals surface area contributed by atoms with Crippen LogP contribution < -0.4 is 11.2 Å². The van der Waals surface area contributed by atoms with Crippen LogP contribution in [-0.4, -0.2) is 64.8 Å². The molecule has 0 saturated carbocycles. The SMILES string of the molecule is O=c1[nH]c(=O)n(Cc2cn(-c3ccccc3)nn2)cc1C1OC(CO)C(O)C1O. The molecule has 1 aliphatic rings. The van der Waals surface area contributed by atoms with E-state index in [0.29, 0.717) is 5.69 Å². The molecule has 0 radical (unpaired) electrons. The van der Waals surface area contributed by atoms with Crippen LogP contribution in [0, 0.1) is 0 Å². The Kier molecular flexibility index (Phi) is 5.11. The highest BCUT2D eigenvalue weighted by Gasteiger charge is 2.44. The van der Waals surface area contributed by atoms with Gasteiger partial charge in [0.25, 0.3) is 5.56 Å². The number of aliphatic hydroxyl groups is 3. The number of hydrogen-bond acceptors (Lipinski definition) is 8. The third-order valence-electron chi connectivity index (χ3n) is 4.78. The fourth-order valence-corrected chi connectivity index (χ4v) is 3.26. The van der Waals surface area contributed by atoms with Crippen molar-refractivity contribution in [3.63, 3.8) is 0 Å². The number of aromatic nitrogens is 5. The van der Waals surface area contributed by atoms with Gasteiger partial charge in [0.1, 0.15) is 30.1 Å². The molecule has 0 bridgehead atoms. The molecule has 1 saturated heterocycles. The molecule has 4 unspecified atom stereocenters. The molecule has 11 nitrogen and oxygen atoms in total. The summed E-state index contributed by atoms with van der Waals surface area (Å²) in [6.07, 6.45) is -2.07. The van der Waals surface area contributed by atoms with Crippen molar-refractivity contribution in [3.8, 4) is 5.69 Å². The van der Waals surface area contributed by atoms with Gasteiger partial charge >= 0.3 is 5.69 Å². The first kappa shape index (κ1) is 19.2. The Bertz CT molecular complexity index is 1110. The topological polar surface area (TPSA) is 155 Å². The number of nitrogens with one attached hydrogen (secondary N) is 1. The van der Waals surface area contributed by atoms with Gasteiger partial charge in [-0.3, -0.25) is 14.3 Å². The summed E-state index contributed by atoms with van der Waals surface area (Å²) in [4.78, 5) is 26.6. The number of nitrogens with zero attached hydrogens (tertiary/aromatic N) is 4. The molecule has 3 aromatic rings. The van der Waals surface area contributed by atoms with Gasteiger partial charge in [-0.25, -0.2) is 9.48 Å². The molecule has 0 amide bonds. The molecule has 4 atom stereocenters. The summed E-state index contributed by atoms with van der Waals surface area (Å²) in [6.45, 7) is -0.501. The van der Waals surface area contributed by atoms with Crippen LogP contribution in [0.4, 0.5) is 0 Å². The molecule has 0 spiro atoms. The Balaban J connectivity index is 1.63. The van der Waals surface area contributed by atoms with Crippen LogP contribution in [0.5, 0.6) is 0 Å². The quantitative estimate of drug-likeness (QED) is 0.395. The second-order valence-corrected chi connectivity index (χ2v) is 6.72. The summed E-state index contributed by atoms with van der Waals surface area (Å²) in [6, 6.07) is 9.29. The molecular weight excluding hydrogens is 382 g/mol. The van der Waals surface area contributed by atoms with Gasteiger partial charge in [0.2, 0.25) is 0 Å². The number of aromatic amines is 1. The third kappa shape index (κ3) is 3.63. The van der Waals surface area contributed by atoms with E-state index in [4.69, 9.17) is 4.74 Å². The van der Waals surface area contributed by atoms with E-state index in [9.17, 15) is 24.9 Å². The number of benzene rings is 1. The lowest BCUT2D eigenvalue weighted by Gasteiger charge is -2.15. The van der Waals surface area contributed by atoms with Crippen molar-refractivity contribution < 1.29 is 20.1 Å². The smallest absolute Gasteiger partial charge is 0.328 e. The molecule has 0 aliphatic carbocycles. The highest BCUT2D eigenvalue weighted by atomic mass is 16.6. The van der Waals surface area contributed by atoms with Crippen LogP contribution in [-0.2, 0) is 11.3 Å². The predicted molar refractivity (Wildman–Crippen MR) is 98.5 cm³/mol. The molecule has 4 N–H and O–H groups in total. The van der Waals surface area contributed by atoms with E-state index in [-0.39, 0.29) is 12.1 Å². The average molecular weight is 401 g/mol. The van der Waals surface area contributed by atoms with Gasteiger partial charge in [0.05, 0.1) is 30.6 Å². The van der Waals surface area contributed by atoms with E-state index >= 15 is 0 Å². The first-order valence-electron chi connectivity index (χ1n) is 8.90. The van der Waals surface area contributed by atoms with Crippen LogP contribution in [0.3, 0.4) is 0 Å². The second-order valence-electron chi connectivity index (χ2n) is 6.72. The fourth-order valence-electron chi connectivity index (χ4n) is 3.26. The van der Waals surface area contributed by atoms with E-state index in [1.54, 1.807) is 10.9 Å². The van der Waals surface area contributed by atoms with Gasteiger partial charge in [0, 0.05) is 6.20 Å². The van der Waals surface area contributed by atoms with Crippen molar-refractivity contribution in [1.82, 2.24) is 24.5 Å². The molecule has 4 rings (SSSR count). The highest BCUT2D eigenvalue weighted by molar-refractivity contribution is 5.30. The normalized spacial score (nSPS) is 24.1. The maximum absolute atomic E-state index is 12.2. The third-order valence-corrected chi connectivity index (χ3v) is 4.78. The highest BCUT2D eigenvalue weighted by Crippen LogP contribution is 2.31. The van der Waals surface area contributed by atoms with Crippen molar-refractivity contribution >= 4 is 0 Å². The lowest BCUT2D eigenvalue weighted by atomic mass is 10.0. The van der Waals surface area contributed by atoms with Gasteiger partial charge in [-0.2, -0.15) is 0 Å². The molecule has 1 aliphatic heterocycles. The summed E-state index contributed by atoms with van der Waals surface area (Å²) >= 11 is 0. The maximum Gasteiger partial charge on any atom is 0.328 e. The Morgan fingerprint density at radius 1 is 1.10 bits per heavy atom. The molecule has 11 heteroatoms. The number of hydrogen-bond donors (Lipinski definition) is 4. The molecular formula is C18H19N5O6. The zero-order chi connectivity index (χ0) is 20.5. The Hall–Kier alpha value is -3.12. The van der Waals surface area contributed by atoms with Crippen molar-refractivity contribution in [2.45, 2.75) is 31.0 Å². The molecule has 3 heterocycles. The zero-order valence-corrected chi connectivity index (χ0v) is 15.1. The molecule has 1 aromatic carbocycles. The summed E-state index contributed by atoms with van der Waals surface area (Å²) in [7, 11) is 0. The second kappa shape index (κ2) is 7.72. The number of rotatable bonds is 5. The van der Waals surface area contributed by atoms with E-state index in [1.807, 2.05) is 30.3 Å². The van der Waals surface area contributed by atoms with Crippen LogP contribution in [0.15, 0.2) is 52.3 Å². The first-order valence-corrected chi connectivity index (χ1v) is 8.90. The molecule has 152 valence electrons. The minimum Gasteiger partial charge on any atom is -0.394 e. The monoisotopic (exact) mass is 401 g/mol. The van der Waals surface area contributed by atoms with Crippen molar-refractivity contribution in [1.29, 1.82) is 0 Å². The van der Waals surface area contributed by atoms with E-state index in [0.717, 1.165) is 5.69 Å². The van der Waals surface area contributed by atoms with Gasteiger partial charge < -0.3 is 20.1 Å². The standard InChI is InChI=1S/C18H19N5O6/c24-9-13-14(25)15(26)16(29-13)12-8-22(18(28)19-17(12)27)6-10-7-23(21-20-10)11-4-2-1-3-5-11/h1-5,7-8,13-16,24-26H,6,9H2,(H,19,27,28). The minimum absolute atomic E-state index is 0.0181. The van der Waals surface area contributed by atoms with Gasteiger partial charge in [0.15, 0.2) is 0 Å². The largest absolute Gasteiger partial charge is 0.394 e. The Morgan fingerprint density at radius 3 is 2.55 bits per heavy atom. The number of H-pyrrole nitrogens is 1. The lowest BCUT2D eigenvalue weighted by molar-refractivity contribution is -0.0233. The minimum atomic E-state index is -1.42. The van der Waals surface area contributed by atoms with Crippen LogP contribution in [0.1, 0.15) is 17.4 Å². The molecule has 29 heavy (non-hydrogen) atoms. The Labute approximate surface area is 163 Å². The van der Waals surface area contributed by atoms with Gasteiger partial charge in [-0.15, -0.1) is 5.10 Å². The van der Waals surface area contributed by atoms with E-state index in [2.05, 4.69) is 15.3 Å². The van der Waals surface area contributed by atoms with Crippen LogP contribution in [0.2, 0.25) is 0 Å². The number of para-hydroxylation sites is 1. The summed E-state index contributed by atoms with van der Waals surface area (Å²) in [5.74, 6) is 0. The van der Waals surface area contributed by atoms with Crippen molar-refractivity contribution in [2.24, 2.45) is 0 Å².